The topological polar surface area (TPSA) is 43.6 Å². The maximum atomic E-state index is 6.33. The third-order valence-electron chi connectivity index (χ3n) is 3.13. The van der Waals surface area contributed by atoms with E-state index in [0.29, 0.717) is 5.92 Å². The summed E-state index contributed by atoms with van der Waals surface area (Å²) in [6, 6.07) is 0. The van der Waals surface area contributed by atoms with Gasteiger partial charge in [0.1, 0.15) is 6.33 Å². The van der Waals surface area contributed by atoms with Gasteiger partial charge in [0.2, 0.25) is 0 Å². The van der Waals surface area contributed by atoms with Crippen LogP contribution in [-0.4, -0.2) is 25.1 Å². The first kappa shape index (κ1) is 10.0. The molecule has 2 heterocycles. The van der Waals surface area contributed by atoms with Crippen molar-refractivity contribution < 1.29 is 0 Å². The summed E-state index contributed by atoms with van der Waals surface area (Å²) in [6.07, 6.45) is 6.75. The lowest BCUT2D eigenvalue weighted by Crippen LogP contribution is -2.08. The van der Waals surface area contributed by atoms with Crippen LogP contribution < -0.4 is 0 Å². The zero-order valence-corrected chi connectivity index (χ0v) is 9.85. The van der Waals surface area contributed by atoms with Gasteiger partial charge in [0.05, 0.1) is 17.3 Å². The van der Waals surface area contributed by atoms with Gasteiger partial charge in [0.15, 0.2) is 5.65 Å². The number of rotatable bonds is 3. The predicted octanol–water partition coefficient (Wildman–Crippen LogP) is 1.92. The molecule has 0 N–H and O–H groups in total. The lowest BCUT2D eigenvalue weighted by molar-refractivity contribution is 0.726. The van der Waals surface area contributed by atoms with E-state index in [9.17, 15) is 0 Å². The van der Waals surface area contributed by atoms with E-state index in [2.05, 4.69) is 15.1 Å². The molecule has 0 aliphatic heterocycles. The highest BCUT2D eigenvalue weighted by atomic mass is 35.5. The predicted molar refractivity (Wildman–Crippen MR) is 62.4 cm³/mol. The molecule has 1 unspecified atom stereocenters. The zero-order chi connectivity index (χ0) is 11.1. The van der Waals surface area contributed by atoms with E-state index in [1.54, 1.807) is 11.0 Å². The molecule has 0 amide bonds. The lowest BCUT2D eigenvalue weighted by Gasteiger charge is -2.07. The van der Waals surface area contributed by atoms with E-state index in [1.165, 1.54) is 12.8 Å². The Bertz CT molecular complexity index is 518. The zero-order valence-electron chi connectivity index (χ0n) is 9.10. The quantitative estimate of drug-likeness (QED) is 0.765. The molecule has 0 bridgehead atoms. The molecule has 1 saturated carbocycles. The van der Waals surface area contributed by atoms with Crippen LogP contribution >= 0.6 is 11.6 Å². The Hall–Kier alpha value is -1.16. The maximum Gasteiger partial charge on any atom is 0.161 e. The first-order chi connectivity index (χ1) is 7.75. The standard InChI is InChI=1S/C11H13ClN4/c1-16-11-8(5-15-16)10(13-6-14-11)4-9(12)7-2-3-7/h5-7,9H,2-4H2,1H3. The second kappa shape index (κ2) is 3.70. The number of nitrogens with zero attached hydrogens (tertiary/aromatic N) is 4. The van der Waals surface area contributed by atoms with Crippen molar-refractivity contribution in [1.82, 2.24) is 19.7 Å². The Morgan fingerprint density at radius 1 is 1.50 bits per heavy atom. The lowest BCUT2D eigenvalue weighted by atomic mass is 10.1. The fourth-order valence-corrected chi connectivity index (χ4v) is 2.38. The van der Waals surface area contributed by atoms with Crippen LogP contribution in [0.5, 0.6) is 0 Å². The summed E-state index contributed by atoms with van der Waals surface area (Å²) in [7, 11) is 1.89. The number of halogens is 1. The minimum Gasteiger partial charge on any atom is -0.250 e. The highest BCUT2D eigenvalue weighted by Gasteiger charge is 2.30. The van der Waals surface area contributed by atoms with E-state index >= 15 is 0 Å². The summed E-state index contributed by atoms with van der Waals surface area (Å²) in [5.41, 5.74) is 1.90. The van der Waals surface area contributed by atoms with Crippen LogP contribution in [-0.2, 0) is 13.5 Å². The van der Waals surface area contributed by atoms with Crippen molar-refractivity contribution in [3.63, 3.8) is 0 Å². The van der Waals surface area contributed by atoms with Crippen LogP contribution in [0.4, 0.5) is 0 Å². The summed E-state index contributed by atoms with van der Waals surface area (Å²) in [5.74, 6) is 0.684. The van der Waals surface area contributed by atoms with Crippen molar-refractivity contribution >= 4 is 22.6 Å². The van der Waals surface area contributed by atoms with Gasteiger partial charge < -0.3 is 0 Å². The average Bonchev–Trinajstić information content (AvgIpc) is 3.05. The summed E-state index contributed by atoms with van der Waals surface area (Å²) in [6.45, 7) is 0. The van der Waals surface area contributed by atoms with Gasteiger partial charge in [-0.15, -0.1) is 11.6 Å². The van der Waals surface area contributed by atoms with Gasteiger partial charge in [-0.05, 0) is 18.8 Å². The van der Waals surface area contributed by atoms with Gasteiger partial charge in [-0.25, -0.2) is 9.97 Å². The van der Waals surface area contributed by atoms with Crippen LogP contribution in [0.15, 0.2) is 12.5 Å². The van der Waals surface area contributed by atoms with Crippen LogP contribution in [0.25, 0.3) is 11.0 Å². The second-order valence-electron chi connectivity index (χ2n) is 4.38. The number of alkyl halides is 1. The van der Waals surface area contributed by atoms with E-state index in [1.807, 2.05) is 13.2 Å². The molecule has 1 aliphatic rings. The minimum absolute atomic E-state index is 0.207. The molecule has 84 valence electrons. The molecular weight excluding hydrogens is 224 g/mol. The number of hydrogen-bond acceptors (Lipinski definition) is 3. The van der Waals surface area contributed by atoms with Gasteiger partial charge >= 0.3 is 0 Å². The molecule has 5 heteroatoms. The van der Waals surface area contributed by atoms with Gasteiger partial charge in [-0.3, -0.25) is 4.68 Å². The van der Waals surface area contributed by atoms with E-state index in [0.717, 1.165) is 23.1 Å². The molecule has 0 saturated heterocycles. The molecular formula is C11H13ClN4. The molecule has 0 spiro atoms. The third-order valence-corrected chi connectivity index (χ3v) is 3.64. The molecule has 0 radical (unpaired) electrons. The van der Waals surface area contributed by atoms with Crippen LogP contribution in [0, 0.1) is 5.92 Å². The van der Waals surface area contributed by atoms with Crippen molar-refractivity contribution in [3.8, 4) is 0 Å². The monoisotopic (exact) mass is 236 g/mol. The largest absolute Gasteiger partial charge is 0.250 e. The van der Waals surface area contributed by atoms with E-state index in [-0.39, 0.29) is 5.38 Å². The number of fused-ring (bicyclic) bond motifs is 1. The van der Waals surface area contributed by atoms with Gasteiger partial charge in [-0.2, -0.15) is 5.10 Å². The summed E-state index contributed by atoms with van der Waals surface area (Å²) >= 11 is 6.33. The SMILES string of the molecule is Cn1ncc2c(CC(Cl)C3CC3)ncnc21. The Balaban J connectivity index is 1.96. The van der Waals surface area contributed by atoms with Crippen molar-refractivity contribution in [2.45, 2.75) is 24.6 Å². The van der Waals surface area contributed by atoms with Crippen molar-refractivity contribution in [3.05, 3.63) is 18.2 Å². The fourth-order valence-electron chi connectivity index (χ4n) is 1.98. The molecule has 0 aromatic carbocycles. The Kier molecular flexibility index (Phi) is 2.32. The molecule has 1 atom stereocenters. The highest BCUT2D eigenvalue weighted by Crippen LogP contribution is 2.37. The molecule has 1 fully saturated rings. The number of aromatic nitrogens is 4. The third kappa shape index (κ3) is 1.67. The first-order valence-electron chi connectivity index (χ1n) is 5.51. The average molecular weight is 237 g/mol. The molecule has 1 aliphatic carbocycles. The first-order valence-corrected chi connectivity index (χ1v) is 5.95. The normalized spacial score (nSPS) is 17.9. The summed E-state index contributed by atoms with van der Waals surface area (Å²) in [5, 5.41) is 5.43. The minimum atomic E-state index is 0.207. The van der Waals surface area contributed by atoms with Gasteiger partial charge in [0, 0.05) is 18.8 Å². The molecule has 3 rings (SSSR count). The number of aryl methyl sites for hydroxylation is 1. The van der Waals surface area contributed by atoms with E-state index in [4.69, 9.17) is 11.6 Å². The van der Waals surface area contributed by atoms with Gasteiger partial charge in [0.25, 0.3) is 0 Å². The maximum absolute atomic E-state index is 6.33. The summed E-state index contributed by atoms with van der Waals surface area (Å²) in [4.78, 5) is 8.54. The Morgan fingerprint density at radius 2 is 2.31 bits per heavy atom. The smallest absolute Gasteiger partial charge is 0.161 e. The highest BCUT2D eigenvalue weighted by molar-refractivity contribution is 6.21. The second-order valence-corrected chi connectivity index (χ2v) is 4.94. The number of hydrogen-bond donors (Lipinski definition) is 0. The van der Waals surface area contributed by atoms with Crippen LogP contribution in [0.1, 0.15) is 18.5 Å². The van der Waals surface area contributed by atoms with Crippen molar-refractivity contribution in [1.29, 1.82) is 0 Å². The Morgan fingerprint density at radius 3 is 3.06 bits per heavy atom. The Labute approximate surface area is 98.6 Å². The molecule has 2 aromatic rings. The van der Waals surface area contributed by atoms with E-state index < -0.39 is 0 Å². The van der Waals surface area contributed by atoms with Crippen molar-refractivity contribution in [2.24, 2.45) is 13.0 Å². The molecule has 4 nitrogen and oxygen atoms in total. The molecule has 16 heavy (non-hydrogen) atoms. The summed E-state index contributed by atoms with van der Waals surface area (Å²) < 4.78 is 1.76. The fraction of sp³-hybridized carbons (Fsp3) is 0.545. The van der Waals surface area contributed by atoms with Crippen molar-refractivity contribution in [2.75, 3.05) is 0 Å². The van der Waals surface area contributed by atoms with Gasteiger partial charge in [-0.1, -0.05) is 0 Å². The van der Waals surface area contributed by atoms with Crippen LogP contribution in [0.3, 0.4) is 0 Å². The van der Waals surface area contributed by atoms with Crippen LogP contribution in [0.2, 0.25) is 0 Å². The molecule has 2 aromatic heterocycles.